The Bertz CT molecular complexity index is 302. The molecule has 1 saturated heterocycles. The monoisotopic (exact) mass is 272 g/mol. The van der Waals surface area contributed by atoms with Crippen molar-refractivity contribution in [2.24, 2.45) is 5.73 Å². The highest BCUT2D eigenvalue weighted by Crippen LogP contribution is 2.29. The van der Waals surface area contributed by atoms with Gasteiger partial charge in [-0.1, -0.05) is 0 Å². The normalized spacial score (nSPS) is 25.6. The van der Waals surface area contributed by atoms with Crippen LogP contribution < -0.4 is 5.73 Å². The highest BCUT2D eigenvalue weighted by molar-refractivity contribution is 5.84. The maximum Gasteiger partial charge on any atom is 0.383 e. The lowest BCUT2D eigenvalue weighted by atomic mass is 9.98. The van der Waals surface area contributed by atoms with E-state index in [1.54, 1.807) is 0 Å². The first-order chi connectivity index (χ1) is 8.34. The molecule has 0 aromatic rings. The molecule has 0 aliphatic carbocycles. The van der Waals surface area contributed by atoms with E-state index in [1.165, 1.54) is 7.11 Å². The van der Waals surface area contributed by atoms with Crippen molar-refractivity contribution in [2.45, 2.75) is 37.3 Å². The molecule has 4 nitrogen and oxygen atoms in total. The summed E-state index contributed by atoms with van der Waals surface area (Å²) in [5.74, 6) is -6.52. The first-order valence-corrected chi connectivity index (χ1v) is 5.54. The third-order valence-corrected chi connectivity index (χ3v) is 3.09. The van der Waals surface area contributed by atoms with Gasteiger partial charge in [-0.05, 0) is 12.8 Å². The third-order valence-electron chi connectivity index (χ3n) is 3.09. The van der Waals surface area contributed by atoms with Gasteiger partial charge in [0.15, 0.2) is 0 Å². The summed E-state index contributed by atoms with van der Waals surface area (Å²) in [6.07, 6.45) is -3.60. The lowest BCUT2D eigenvalue weighted by Crippen LogP contribution is -2.57. The van der Waals surface area contributed by atoms with E-state index in [1.807, 2.05) is 0 Å². The molecule has 0 spiro atoms. The van der Waals surface area contributed by atoms with Crippen molar-refractivity contribution in [1.29, 1.82) is 0 Å². The van der Waals surface area contributed by atoms with Crippen LogP contribution in [0.25, 0.3) is 0 Å². The molecular weight excluding hydrogens is 256 g/mol. The number of piperidine rings is 1. The molecule has 1 aliphatic rings. The zero-order valence-electron chi connectivity index (χ0n) is 9.91. The van der Waals surface area contributed by atoms with Crippen LogP contribution in [0.1, 0.15) is 12.8 Å². The average molecular weight is 272 g/mol. The molecule has 1 heterocycles. The number of halogens is 4. The number of nitrogens with two attached hydrogens (primary N) is 1. The van der Waals surface area contributed by atoms with E-state index in [0.717, 1.165) is 4.90 Å². The van der Waals surface area contributed by atoms with Gasteiger partial charge in [-0.3, -0.25) is 4.79 Å². The molecular formula is C10H16F4N2O2. The van der Waals surface area contributed by atoms with Crippen LogP contribution in [0.15, 0.2) is 0 Å². The molecule has 1 amide bonds. The Morgan fingerprint density at radius 2 is 2.17 bits per heavy atom. The quantitative estimate of drug-likeness (QED) is 0.772. The number of nitrogens with zero attached hydrogens (tertiary/aromatic N) is 1. The number of rotatable bonds is 4. The van der Waals surface area contributed by atoms with Crippen LogP contribution in [-0.2, 0) is 9.53 Å². The highest BCUT2D eigenvalue weighted by atomic mass is 19.3. The summed E-state index contributed by atoms with van der Waals surface area (Å²) in [6.45, 7) is -0.119. The number of ether oxygens (including phenoxy) is 1. The second-order valence-corrected chi connectivity index (χ2v) is 4.19. The summed E-state index contributed by atoms with van der Waals surface area (Å²) >= 11 is 0. The van der Waals surface area contributed by atoms with Crippen LogP contribution >= 0.6 is 0 Å². The maximum absolute atomic E-state index is 13.0. The van der Waals surface area contributed by atoms with Crippen molar-refractivity contribution in [3.63, 3.8) is 0 Å². The lowest BCUT2D eigenvalue weighted by molar-refractivity contribution is -0.185. The van der Waals surface area contributed by atoms with Gasteiger partial charge in [0.2, 0.25) is 0 Å². The topological polar surface area (TPSA) is 55.6 Å². The first-order valence-electron chi connectivity index (χ1n) is 5.54. The number of amides is 1. The molecule has 2 atom stereocenters. The predicted molar refractivity (Wildman–Crippen MR) is 55.5 cm³/mol. The Hall–Kier alpha value is -0.890. The van der Waals surface area contributed by atoms with E-state index in [2.05, 4.69) is 0 Å². The molecule has 1 aliphatic heterocycles. The summed E-state index contributed by atoms with van der Waals surface area (Å²) in [5, 5.41) is 0. The van der Waals surface area contributed by atoms with Gasteiger partial charge in [-0.2, -0.15) is 8.78 Å². The fraction of sp³-hybridized carbons (Fsp3) is 0.900. The Balaban J connectivity index is 2.79. The van der Waals surface area contributed by atoms with Crippen LogP contribution in [0, 0.1) is 0 Å². The zero-order valence-corrected chi connectivity index (χ0v) is 9.91. The molecule has 1 fully saturated rings. The van der Waals surface area contributed by atoms with E-state index in [-0.39, 0.29) is 25.6 Å². The molecule has 1 rings (SSSR count). The molecule has 2 N–H and O–H groups in total. The van der Waals surface area contributed by atoms with Gasteiger partial charge in [0.1, 0.15) is 0 Å². The number of hydrogen-bond acceptors (Lipinski definition) is 3. The molecule has 0 saturated carbocycles. The number of carbonyl (C=O) groups is 1. The van der Waals surface area contributed by atoms with Gasteiger partial charge in [-0.25, -0.2) is 8.78 Å². The molecule has 0 bridgehead atoms. The van der Waals surface area contributed by atoms with Gasteiger partial charge >= 0.3 is 12.3 Å². The molecule has 2 unspecified atom stereocenters. The average Bonchev–Trinajstić information content (AvgIpc) is 2.36. The second kappa shape index (κ2) is 5.83. The van der Waals surface area contributed by atoms with Gasteiger partial charge in [0, 0.05) is 26.2 Å². The zero-order chi connectivity index (χ0) is 13.9. The summed E-state index contributed by atoms with van der Waals surface area (Å²) in [5.41, 5.74) is 5.39. The Morgan fingerprint density at radius 3 is 2.61 bits per heavy atom. The van der Waals surface area contributed by atoms with Crippen molar-refractivity contribution in [2.75, 3.05) is 20.2 Å². The van der Waals surface area contributed by atoms with Crippen molar-refractivity contribution in [1.82, 2.24) is 4.90 Å². The number of likely N-dealkylation sites (tertiary alicyclic amines) is 1. The van der Waals surface area contributed by atoms with Crippen molar-refractivity contribution in [3.8, 4) is 0 Å². The third kappa shape index (κ3) is 2.92. The highest BCUT2D eigenvalue weighted by Gasteiger charge is 2.52. The maximum atomic E-state index is 13.0. The van der Waals surface area contributed by atoms with Crippen molar-refractivity contribution < 1.29 is 27.1 Å². The predicted octanol–water partition coefficient (Wildman–Crippen LogP) is 0.852. The largest absolute Gasteiger partial charge is 0.383 e. The van der Waals surface area contributed by atoms with Crippen LogP contribution in [0.3, 0.4) is 0 Å². The fourth-order valence-electron chi connectivity index (χ4n) is 2.00. The lowest BCUT2D eigenvalue weighted by Gasteiger charge is -2.39. The van der Waals surface area contributed by atoms with Crippen LogP contribution in [0.4, 0.5) is 17.6 Å². The molecule has 0 radical (unpaired) electrons. The van der Waals surface area contributed by atoms with Gasteiger partial charge in [-0.15, -0.1) is 0 Å². The van der Waals surface area contributed by atoms with E-state index >= 15 is 0 Å². The fourth-order valence-corrected chi connectivity index (χ4v) is 2.00. The molecule has 106 valence electrons. The number of carbonyl (C=O) groups excluding carboxylic acids is 1. The Labute approximate surface area is 102 Å². The standard InChI is InChI=1S/C10H16F4N2O2/c1-18-7-2-3-16(6(4-7)5-15)9(17)10(13,14)8(11)12/h6-8H,2-5,15H2,1H3. The van der Waals surface area contributed by atoms with Crippen LogP contribution in [0.5, 0.6) is 0 Å². The Kier molecular flexibility index (Phi) is 4.92. The first kappa shape index (κ1) is 15.2. The van der Waals surface area contributed by atoms with E-state index < -0.39 is 24.3 Å². The van der Waals surface area contributed by atoms with Crippen molar-refractivity contribution in [3.05, 3.63) is 0 Å². The molecule has 8 heteroatoms. The summed E-state index contributed by atoms with van der Waals surface area (Å²) in [7, 11) is 1.46. The van der Waals surface area contributed by atoms with Crippen molar-refractivity contribution >= 4 is 5.91 Å². The van der Waals surface area contributed by atoms with Gasteiger partial charge < -0.3 is 15.4 Å². The molecule has 18 heavy (non-hydrogen) atoms. The van der Waals surface area contributed by atoms with Crippen LogP contribution in [0.2, 0.25) is 0 Å². The minimum atomic E-state index is -4.66. The molecule has 0 aromatic heterocycles. The van der Waals surface area contributed by atoms with Gasteiger partial charge in [0.05, 0.1) is 6.10 Å². The van der Waals surface area contributed by atoms with Crippen LogP contribution in [-0.4, -0.2) is 55.5 Å². The summed E-state index contributed by atoms with van der Waals surface area (Å²) in [6, 6.07) is -0.694. The van der Waals surface area contributed by atoms with Gasteiger partial charge in [0.25, 0.3) is 5.91 Å². The Morgan fingerprint density at radius 1 is 1.56 bits per heavy atom. The summed E-state index contributed by atoms with van der Waals surface area (Å²) < 4.78 is 55.3. The van der Waals surface area contributed by atoms with E-state index in [0.29, 0.717) is 6.42 Å². The molecule has 0 aromatic carbocycles. The summed E-state index contributed by atoms with van der Waals surface area (Å²) in [4.78, 5) is 12.2. The number of methoxy groups -OCH3 is 1. The number of hydrogen-bond donors (Lipinski definition) is 1. The smallest absolute Gasteiger partial charge is 0.381 e. The van der Waals surface area contributed by atoms with E-state index in [9.17, 15) is 22.4 Å². The SMILES string of the molecule is COC1CCN(C(=O)C(F)(F)C(F)F)C(CN)C1. The minimum absolute atomic E-state index is 0.0541. The number of alkyl halides is 4. The minimum Gasteiger partial charge on any atom is -0.381 e. The second-order valence-electron chi connectivity index (χ2n) is 4.19. The van der Waals surface area contributed by atoms with E-state index in [4.69, 9.17) is 10.5 Å².